The molecule has 3 rings (SSSR count). The van der Waals surface area contributed by atoms with Crippen LogP contribution in [0.2, 0.25) is 0 Å². The van der Waals surface area contributed by atoms with Gasteiger partial charge in [-0.1, -0.05) is 17.3 Å². The number of nitrogens with one attached hydrogen (secondary N) is 2. The number of ether oxygens (including phenoxy) is 1. The van der Waals surface area contributed by atoms with E-state index in [1.807, 2.05) is 24.3 Å². The average Bonchev–Trinajstić information content (AvgIpc) is 3.16. The van der Waals surface area contributed by atoms with Crippen molar-refractivity contribution in [3.8, 4) is 17.0 Å². The van der Waals surface area contributed by atoms with Gasteiger partial charge in [-0.05, 0) is 12.1 Å². The number of amides is 1. The molecule has 9 heteroatoms. The van der Waals surface area contributed by atoms with Crippen LogP contribution in [-0.2, 0) is 24.8 Å². The molecule has 1 aromatic carbocycles. The minimum absolute atomic E-state index is 0.124. The molecule has 0 unspecified atom stereocenters. The van der Waals surface area contributed by atoms with E-state index in [0.717, 1.165) is 10.1 Å². The first-order valence-corrected chi connectivity index (χ1v) is 8.12. The molecular formula is C18H18N4O5. The molecular weight excluding hydrogens is 352 g/mol. The molecule has 2 aromatic heterocycles. The fourth-order valence-corrected chi connectivity index (χ4v) is 2.48. The summed E-state index contributed by atoms with van der Waals surface area (Å²) in [5.41, 5.74) is 0.606. The van der Waals surface area contributed by atoms with Gasteiger partial charge in [0.05, 0.1) is 20.1 Å². The lowest BCUT2D eigenvalue weighted by Gasteiger charge is -2.03. The van der Waals surface area contributed by atoms with Crippen molar-refractivity contribution < 1.29 is 14.1 Å². The van der Waals surface area contributed by atoms with Crippen LogP contribution in [0.25, 0.3) is 11.3 Å². The Morgan fingerprint density at radius 1 is 1.33 bits per heavy atom. The highest BCUT2D eigenvalue weighted by Crippen LogP contribution is 2.23. The third kappa shape index (κ3) is 4.14. The second-order valence-corrected chi connectivity index (χ2v) is 5.85. The SMILES string of the molecule is COc1cccc(-c2cc(CNC(=O)Cc3c[nH]c(=O)n(C)c3=O)on2)c1. The van der Waals surface area contributed by atoms with E-state index < -0.39 is 11.2 Å². The van der Waals surface area contributed by atoms with Crippen molar-refractivity contribution in [1.29, 1.82) is 0 Å². The lowest BCUT2D eigenvalue weighted by molar-refractivity contribution is -0.120. The normalized spacial score (nSPS) is 10.6. The molecule has 0 aliphatic carbocycles. The van der Waals surface area contributed by atoms with Crippen LogP contribution >= 0.6 is 0 Å². The third-order valence-electron chi connectivity index (χ3n) is 3.99. The summed E-state index contributed by atoms with van der Waals surface area (Å²) in [4.78, 5) is 37.7. The van der Waals surface area contributed by atoms with Gasteiger partial charge >= 0.3 is 5.69 Å². The Morgan fingerprint density at radius 3 is 2.93 bits per heavy atom. The Morgan fingerprint density at radius 2 is 2.15 bits per heavy atom. The van der Waals surface area contributed by atoms with E-state index in [1.54, 1.807) is 13.2 Å². The Bertz CT molecular complexity index is 1080. The number of benzene rings is 1. The smallest absolute Gasteiger partial charge is 0.328 e. The van der Waals surface area contributed by atoms with E-state index in [1.165, 1.54) is 13.2 Å². The van der Waals surface area contributed by atoms with Crippen LogP contribution in [-0.4, -0.2) is 27.7 Å². The minimum atomic E-state index is -0.532. The van der Waals surface area contributed by atoms with Crippen molar-refractivity contribution in [2.45, 2.75) is 13.0 Å². The summed E-state index contributed by atoms with van der Waals surface area (Å²) in [7, 11) is 2.93. The molecule has 9 nitrogen and oxygen atoms in total. The van der Waals surface area contributed by atoms with Crippen molar-refractivity contribution >= 4 is 5.91 Å². The molecule has 0 spiro atoms. The van der Waals surface area contributed by atoms with Gasteiger partial charge in [-0.2, -0.15) is 0 Å². The van der Waals surface area contributed by atoms with Crippen LogP contribution in [0.1, 0.15) is 11.3 Å². The molecule has 0 bridgehead atoms. The van der Waals surface area contributed by atoms with E-state index in [2.05, 4.69) is 15.5 Å². The van der Waals surface area contributed by atoms with Gasteiger partial charge in [0, 0.05) is 30.4 Å². The number of rotatable bonds is 6. The third-order valence-corrected chi connectivity index (χ3v) is 3.99. The van der Waals surface area contributed by atoms with Crippen molar-refractivity contribution in [3.05, 3.63) is 68.7 Å². The summed E-state index contributed by atoms with van der Waals surface area (Å²) < 4.78 is 11.3. The van der Waals surface area contributed by atoms with Crippen LogP contribution in [0.5, 0.6) is 5.75 Å². The van der Waals surface area contributed by atoms with Gasteiger partial charge in [-0.15, -0.1) is 0 Å². The maximum absolute atomic E-state index is 12.1. The molecule has 0 saturated carbocycles. The number of hydrogen-bond acceptors (Lipinski definition) is 6. The van der Waals surface area contributed by atoms with E-state index in [9.17, 15) is 14.4 Å². The van der Waals surface area contributed by atoms with Crippen molar-refractivity contribution in [2.24, 2.45) is 7.05 Å². The summed E-state index contributed by atoms with van der Waals surface area (Å²) in [6.07, 6.45) is 1.10. The number of carbonyl (C=O) groups is 1. The maximum Gasteiger partial charge on any atom is 0.328 e. The first-order chi connectivity index (χ1) is 13.0. The van der Waals surface area contributed by atoms with Crippen LogP contribution in [0.15, 0.2) is 50.6 Å². The number of methoxy groups -OCH3 is 1. The zero-order valence-corrected chi connectivity index (χ0v) is 14.8. The summed E-state index contributed by atoms with van der Waals surface area (Å²) in [6, 6.07) is 9.08. The Labute approximate surface area is 153 Å². The highest BCUT2D eigenvalue weighted by atomic mass is 16.5. The molecule has 2 N–H and O–H groups in total. The van der Waals surface area contributed by atoms with Gasteiger partial charge in [-0.25, -0.2) is 4.79 Å². The molecule has 1 amide bonds. The average molecular weight is 370 g/mol. The van der Waals surface area contributed by atoms with Gasteiger partial charge in [0.2, 0.25) is 5.91 Å². The van der Waals surface area contributed by atoms with Gasteiger partial charge < -0.3 is 19.6 Å². The number of aromatic nitrogens is 3. The van der Waals surface area contributed by atoms with E-state index in [0.29, 0.717) is 17.2 Å². The van der Waals surface area contributed by atoms with Crippen LogP contribution < -0.4 is 21.3 Å². The van der Waals surface area contributed by atoms with E-state index >= 15 is 0 Å². The Hall–Kier alpha value is -3.62. The number of H-pyrrole nitrogens is 1. The highest BCUT2D eigenvalue weighted by Gasteiger charge is 2.12. The molecule has 3 aromatic rings. The Balaban J connectivity index is 1.63. The van der Waals surface area contributed by atoms with Crippen molar-refractivity contribution in [1.82, 2.24) is 20.0 Å². The molecule has 0 radical (unpaired) electrons. The fourth-order valence-electron chi connectivity index (χ4n) is 2.48. The van der Waals surface area contributed by atoms with Gasteiger partial charge in [0.1, 0.15) is 11.4 Å². The monoisotopic (exact) mass is 370 g/mol. The molecule has 0 saturated heterocycles. The summed E-state index contributed by atoms with van der Waals surface area (Å²) in [5.74, 6) is 0.793. The lowest BCUT2D eigenvalue weighted by atomic mass is 10.1. The minimum Gasteiger partial charge on any atom is -0.497 e. The number of aromatic amines is 1. The van der Waals surface area contributed by atoms with Gasteiger partial charge in [0.15, 0.2) is 5.76 Å². The molecule has 0 aliphatic rings. The fraction of sp³-hybridized carbons (Fsp3) is 0.222. The highest BCUT2D eigenvalue weighted by molar-refractivity contribution is 5.78. The topological polar surface area (TPSA) is 119 Å². The number of hydrogen-bond donors (Lipinski definition) is 2. The number of carbonyl (C=O) groups excluding carboxylic acids is 1. The largest absolute Gasteiger partial charge is 0.497 e. The zero-order chi connectivity index (χ0) is 19.4. The number of nitrogens with zero attached hydrogens (tertiary/aromatic N) is 2. The molecule has 2 heterocycles. The predicted molar refractivity (Wildman–Crippen MR) is 96.3 cm³/mol. The van der Waals surface area contributed by atoms with Crippen molar-refractivity contribution in [2.75, 3.05) is 7.11 Å². The van der Waals surface area contributed by atoms with Crippen LogP contribution in [0, 0.1) is 0 Å². The molecule has 140 valence electrons. The molecule has 0 fully saturated rings. The van der Waals surface area contributed by atoms with E-state index in [4.69, 9.17) is 9.26 Å². The van der Waals surface area contributed by atoms with Gasteiger partial charge in [-0.3, -0.25) is 14.2 Å². The Kier molecular flexibility index (Phi) is 5.20. The molecule has 0 aliphatic heterocycles. The predicted octanol–water partition coefficient (Wildman–Crippen LogP) is 0.596. The summed E-state index contributed by atoms with van der Waals surface area (Å²) in [5, 5.41) is 6.64. The maximum atomic E-state index is 12.1. The van der Waals surface area contributed by atoms with Crippen LogP contribution in [0.4, 0.5) is 0 Å². The zero-order valence-electron chi connectivity index (χ0n) is 14.8. The second kappa shape index (κ2) is 7.73. The van der Waals surface area contributed by atoms with Crippen LogP contribution in [0.3, 0.4) is 0 Å². The van der Waals surface area contributed by atoms with Gasteiger partial charge in [0.25, 0.3) is 5.56 Å². The second-order valence-electron chi connectivity index (χ2n) is 5.85. The molecule has 27 heavy (non-hydrogen) atoms. The lowest BCUT2D eigenvalue weighted by Crippen LogP contribution is -2.36. The first kappa shape index (κ1) is 18.2. The van der Waals surface area contributed by atoms with Crippen molar-refractivity contribution in [3.63, 3.8) is 0 Å². The standard InChI is InChI=1S/C18H18N4O5/c1-22-17(24)12(9-20-18(22)25)7-16(23)19-10-14-8-15(21-27-14)11-4-3-5-13(6-11)26-2/h3-6,8-9H,7,10H2,1-2H3,(H,19,23)(H,20,25). The molecule has 0 atom stereocenters. The summed E-state index contributed by atoms with van der Waals surface area (Å²) >= 11 is 0. The first-order valence-electron chi connectivity index (χ1n) is 8.12. The summed E-state index contributed by atoms with van der Waals surface area (Å²) in [6.45, 7) is 0.124. The van der Waals surface area contributed by atoms with E-state index in [-0.39, 0.29) is 24.4 Å². The quantitative estimate of drug-likeness (QED) is 0.656.